The topological polar surface area (TPSA) is 336 Å². The van der Waals surface area contributed by atoms with Crippen LogP contribution in [0.25, 0.3) is 57.9 Å². The molecule has 16 rings (SSSR count). The molecule has 10 aromatic heterocycles. The van der Waals surface area contributed by atoms with Crippen LogP contribution in [0.15, 0.2) is 124 Å². The predicted molar refractivity (Wildman–Crippen MR) is 535 cm³/mol. The van der Waals surface area contributed by atoms with Gasteiger partial charge in [-0.15, -0.1) is 106 Å². The van der Waals surface area contributed by atoms with Crippen LogP contribution in [0.2, 0.25) is 39.3 Å². The molecule has 26 nitrogen and oxygen atoms in total. The Bertz CT molecular complexity index is 5040. The highest BCUT2D eigenvalue weighted by Crippen LogP contribution is 2.48. The summed E-state index contributed by atoms with van der Waals surface area (Å²) in [5, 5.41) is 0.406. The first-order valence-corrected chi connectivity index (χ1v) is 62.0. The number of rotatable bonds is 24. The summed E-state index contributed by atoms with van der Waals surface area (Å²) in [6.45, 7) is 25.3. The van der Waals surface area contributed by atoms with Crippen molar-refractivity contribution in [2.45, 2.75) is 180 Å². The summed E-state index contributed by atoms with van der Waals surface area (Å²) in [6.07, 6.45) is 31.6. The maximum absolute atomic E-state index is 10.5. The van der Waals surface area contributed by atoms with Gasteiger partial charge in [-0.2, -0.15) is 0 Å². The van der Waals surface area contributed by atoms with Crippen LogP contribution in [0.1, 0.15) is 162 Å². The van der Waals surface area contributed by atoms with Crippen LogP contribution in [0.4, 0.5) is 0 Å². The number of carbonyl (C=O) groups is 2. The number of nitrogens with zero attached hydrogens (tertiary/aromatic N) is 12. The van der Waals surface area contributed by atoms with Crippen molar-refractivity contribution in [2.24, 2.45) is 5.73 Å². The summed E-state index contributed by atoms with van der Waals surface area (Å²) in [6, 6.07) is 10.3. The van der Waals surface area contributed by atoms with Crippen molar-refractivity contribution in [3.05, 3.63) is 167 Å². The minimum absolute atomic E-state index is 0.0143. The van der Waals surface area contributed by atoms with Gasteiger partial charge in [0.05, 0.1) is 55.1 Å². The highest BCUT2D eigenvalue weighted by molar-refractivity contribution is 9.93. The van der Waals surface area contributed by atoms with Crippen LogP contribution in [0.5, 0.6) is 0 Å². The summed E-state index contributed by atoms with van der Waals surface area (Å²) in [5.74, 6) is 17.8. The molecule has 1 unspecified atom stereocenters. The number of terminal acetylenes is 1. The fourth-order valence-electron chi connectivity index (χ4n) is 11.3. The van der Waals surface area contributed by atoms with Crippen LogP contribution >= 0.6 is 150 Å². The molecule has 5 aliphatic rings. The van der Waals surface area contributed by atoms with Crippen molar-refractivity contribution in [2.75, 3.05) is 93.9 Å². The number of aldehydes is 1. The minimum Gasteiger partial charge on any atom is -0.446 e. The summed E-state index contributed by atoms with van der Waals surface area (Å²) in [4.78, 5) is 69.0. The van der Waals surface area contributed by atoms with E-state index in [0.717, 1.165) is 129 Å². The molecule has 11 aromatic rings. The van der Waals surface area contributed by atoms with Crippen molar-refractivity contribution in [1.82, 2.24) is 59.6 Å². The standard InChI is InChI=1S/C23H27N5O4.C15H21N3O2S2.C15H22N2O2S2Si.C12H13BrN2O2S2.C6H10.C5H7ClOS2.C5H5NO2.C5H10Si.Br2/c1-15-11-30-23(25-15)20-19(9-10-28(2)3)32-22(27-20)18-14-31-21(26-18)17(24)13-29-12-16-7-5-4-6-8-16;1-10-9-19-13(16-10)12-11(5-6-18(2)3)20-14(17-12)15-21-7-4-8-22-15;1-10-8-18-13(16-10)12-11(9-22(2,3)4)19-14(17-12)15-20-6-5-7-21-15;1-7-6-16-10(14-7)9-8(5-13)17-11(15-9)12-18-3-2-4-19-12;1-2-4-6-5-3-1;6-4(7)5-8-2-1-3-9-5;1-4-3-8-5(2-7)6-4;1-5-6(2,3)4;1-2/h4-8,11,14,17H,9-10,12-13,24H2,1-3H3;9,15H,4-8H2,1-3H3;8,15H,5-7,9H2,1-4H3;6,12H,2-5H2,1H3;1-2H,3-6H2;5H,1-3H2;2-3H,1H3;1H,2-4H3;. The lowest BCUT2D eigenvalue weighted by molar-refractivity contribution is -0.110. The van der Waals surface area contributed by atoms with Crippen molar-refractivity contribution in [3.63, 3.8) is 0 Å². The van der Waals surface area contributed by atoms with Gasteiger partial charge in [0.1, 0.15) is 93.1 Å². The number of oxazole rings is 10. The van der Waals surface area contributed by atoms with E-state index in [4.69, 9.17) is 78.2 Å². The summed E-state index contributed by atoms with van der Waals surface area (Å²) in [7, 11) is 5.69. The van der Waals surface area contributed by atoms with Crippen LogP contribution in [-0.4, -0.2) is 186 Å². The molecule has 686 valence electrons. The van der Waals surface area contributed by atoms with Crippen molar-refractivity contribution >= 4 is 178 Å². The zero-order valence-corrected chi connectivity index (χ0v) is 88.1. The Labute approximate surface area is 804 Å². The van der Waals surface area contributed by atoms with E-state index in [0.29, 0.717) is 87.4 Å². The van der Waals surface area contributed by atoms with Gasteiger partial charge in [-0.3, -0.25) is 9.59 Å². The molecule has 0 amide bonds. The Kier molecular flexibility index (Phi) is 47.1. The Morgan fingerprint density at radius 3 is 1.27 bits per heavy atom. The Hall–Kier alpha value is -5.24. The molecule has 2 N–H and O–H groups in total. The third-order valence-electron chi connectivity index (χ3n) is 17.4. The van der Waals surface area contributed by atoms with Crippen LogP contribution in [0, 0.1) is 46.6 Å². The molecule has 1 aliphatic carbocycles. The van der Waals surface area contributed by atoms with E-state index in [2.05, 4.69) is 169 Å². The van der Waals surface area contributed by atoms with Crippen molar-refractivity contribution in [3.8, 4) is 69.9 Å². The molecule has 4 saturated heterocycles. The van der Waals surface area contributed by atoms with Gasteiger partial charge in [-0.1, -0.05) is 97.7 Å². The molecular formula is C86H115Br3ClN13O13S8Si2. The lowest BCUT2D eigenvalue weighted by atomic mass is 10.1. The average Bonchev–Trinajstić information content (AvgIpc) is 1.66. The fourth-order valence-corrected chi connectivity index (χ4v) is 23.7. The molecule has 0 saturated carbocycles. The number of benzene rings is 1. The van der Waals surface area contributed by atoms with E-state index in [-0.39, 0.29) is 31.5 Å². The first kappa shape index (κ1) is 106. The fraction of sp³-hybridized carbons (Fsp3) is 0.512. The summed E-state index contributed by atoms with van der Waals surface area (Å²) in [5.41, 5.74) is 17.4. The number of likely N-dealkylation sites (N-methyl/N-ethyl adjacent to an activating group) is 2. The van der Waals surface area contributed by atoms with Crippen molar-refractivity contribution < 1.29 is 58.5 Å². The first-order valence-electron chi connectivity index (χ1n) is 41.2. The zero-order chi connectivity index (χ0) is 91.1. The normalized spacial score (nSPS) is 15.3. The number of halogens is 4. The Morgan fingerprint density at radius 1 is 0.532 bits per heavy atom. The number of nitrogens with two attached hydrogens (primary N) is 1. The number of carbonyl (C=O) groups excluding carboxylic acids is 2. The quantitative estimate of drug-likeness (QED) is 0.0147. The Balaban J connectivity index is 0.000000188. The van der Waals surface area contributed by atoms with Crippen molar-refractivity contribution in [1.29, 1.82) is 0 Å². The highest BCUT2D eigenvalue weighted by atomic mass is 80.9. The Morgan fingerprint density at radius 2 is 0.921 bits per heavy atom. The molecule has 14 heterocycles. The van der Waals surface area contributed by atoms with Gasteiger partial charge in [0, 0.05) is 60.2 Å². The van der Waals surface area contributed by atoms with Gasteiger partial charge in [-0.05, 0) is 177 Å². The maximum atomic E-state index is 10.5. The summed E-state index contributed by atoms with van der Waals surface area (Å²) < 4.78 is 63.0. The highest BCUT2D eigenvalue weighted by Gasteiger charge is 2.32. The van der Waals surface area contributed by atoms with E-state index in [1.807, 2.05) is 143 Å². The largest absolute Gasteiger partial charge is 0.446 e. The molecule has 126 heavy (non-hydrogen) atoms. The molecule has 4 aliphatic heterocycles. The predicted octanol–water partition coefficient (Wildman–Crippen LogP) is 24.6. The monoisotopic (exact) mass is 2120 g/mol. The number of aromatic nitrogens is 10. The molecule has 4 fully saturated rings. The molecule has 1 atom stereocenters. The lowest BCUT2D eigenvalue weighted by Gasteiger charge is -2.17. The third kappa shape index (κ3) is 37.1. The van der Waals surface area contributed by atoms with Crippen LogP contribution in [0.3, 0.4) is 0 Å². The number of alkyl halides is 1. The zero-order valence-electron chi connectivity index (χ0n) is 74.0. The number of hydrogen-bond donors (Lipinski definition) is 1. The number of thioether (sulfide) groups is 8. The molecule has 0 bridgehead atoms. The molecule has 1 aromatic carbocycles. The lowest BCUT2D eigenvalue weighted by Crippen LogP contribution is -2.23. The van der Waals surface area contributed by atoms with Gasteiger partial charge in [0.2, 0.25) is 64.5 Å². The smallest absolute Gasteiger partial charge is 0.259 e. The van der Waals surface area contributed by atoms with E-state index >= 15 is 0 Å². The van der Waals surface area contributed by atoms with Crippen LogP contribution in [-0.2, 0) is 40.4 Å². The van der Waals surface area contributed by atoms with Gasteiger partial charge < -0.3 is 64.4 Å². The molecular weight excluding hydrogens is 2010 g/mol. The number of hydrogen-bond acceptors (Lipinski definition) is 34. The summed E-state index contributed by atoms with van der Waals surface area (Å²) >= 11 is 29.0. The average molecular weight is 2130 g/mol. The van der Waals surface area contributed by atoms with E-state index in [1.54, 1.807) is 55.5 Å². The molecule has 0 spiro atoms. The SMILES string of the molecule is BrBr.C#C[Si](C)(C)C.C1=CCCCC1.Cc1coc(-c2nc(-c3coc(C(N)COCc4ccccc4)n3)oc2CCN(C)C)n1.Cc1coc(-c2nc(C3SCCCS3)oc2CBr)n1.Cc1coc(-c2nc(C3SCCCS3)oc2CCN(C)C)n1.Cc1coc(-c2nc(C3SCCCS3)oc2C[Si](C)(C)C)n1.Cc1coc(C=O)n1.O=C(Cl)C1SCCCS1. The second-order valence-corrected chi connectivity index (χ2v) is 53.8. The van der Waals surface area contributed by atoms with Crippen LogP contribution < -0.4 is 5.73 Å². The van der Waals surface area contributed by atoms with E-state index in [9.17, 15) is 9.59 Å². The number of ether oxygens (including phenoxy) is 1. The molecule has 0 radical (unpaired) electrons. The third-order valence-corrected chi connectivity index (χ3v) is 32.2. The van der Waals surface area contributed by atoms with Gasteiger partial charge in [0.25, 0.3) is 5.89 Å². The van der Waals surface area contributed by atoms with Gasteiger partial charge in [0.15, 0.2) is 28.5 Å². The maximum Gasteiger partial charge on any atom is 0.259 e. The second kappa shape index (κ2) is 55.9. The van der Waals surface area contributed by atoms with Gasteiger partial charge >= 0.3 is 0 Å². The number of aryl methyl sites for hydroxylation is 5. The van der Waals surface area contributed by atoms with Gasteiger partial charge in [-0.25, -0.2) is 49.8 Å². The first-order chi connectivity index (χ1) is 60.5. The van der Waals surface area contributed by atoms with E-state index in [1.165, 1.54) is 86.9 Å². The second-order valence-electron chi connectivity index (χ2n) is 31.7. The van der Waals surface area contributed by atoms with E-state index < -0.39 is 22.2 Å². The molecule has 40 heteroatoms. The minimum atomic E-state index is -1.31. The number of allylic oxidation sites excluding steroid dienone is 2.